The van der Waals surface area contributed by atoms with Crippen LogP contribution in [0.4, 0.5) is 0 Å². The van der Waals surface area contributed by atoms with Gasteiger partial charge in [-0.1, -0.05) is 0 Å². The molecule has 0 aromatic heterocycles. The molecule has 1 heterocycles. The molecule has 2 rings (SSSR count). The maximum atomic E-state index is 10.6. The van der Waals surface area contributed by atoms with Crippen molar-refractivity contribution in [1.29, 1.82) is 0 Å². The number of hydrogen-bond donors (Lipinski definition) is 0. The summed E-state index contributed by atoms with van der Waals surface area (Å²) in [6, 6.07) is 7.75. The van der Waals surface area contributed by atoms with Crippen LogP contribution in [0.25, 0.3) is 0 Å². The third-order valence-corrected chi connectivity index (χ3v) is 11.9. The summed E-state index contributed by atoms with van der Waals surface area (Å²) in [5.41, 5.74) is 2.25. The van der Waals surface area contributed by atoms with Crippen LogP contribution in [0.15, 0.2) is 24.3 Å². The average molecular weight is 346 g/mol. The quantitative estimate of drug-likeness (QED) is 0.602. The summed E-state index contributed by atoms with van der Waals surface area (Å²) in [6.07, 6.45) is 0. The molecule has 0 fully saturated rings. The van der Waals surface area contributed by atoms with Crippen LogP contribution in [-0.2, 0) is 11.6 Å². The molecule has 84 valence electrons. The van der Waals surface area contributed by atoms with Crippen LogP contribution in [0.2, 0.25) is 4.97 Å². The Kier molecular flexibility index (Phi) is 2.99. The molecule has 0 atom stereocenters. The van der Waals surface area contributed by atoms with Crippen LogP contribution in [0.3, 0.4) is 0 Å². The summed E-state index contributed by atoms with van der Waals surface area (Å²) in [5, 5.41) is 0. The molecule has 1 aliphatic rings. The monoisotopic (exact) mass is 348 g/mol. The van der Waals surface area contributed by atoms with Crippen LogP contribution < -0.4 is 14.0 Å². The molecule has 0 saturated heterocycles. The summed E-state index contributed by atoms with van der Waals surface area (Å²) in [5.74, 6) is 0. The van der Waals surface area contributed by atoms with Gasteiger partial charge in [-0.3, -0.25) is 0 Å². The van der Waals surface area contributed by atoms with Crippen molar-refractivity contribution in [3.63, 3.8) is 0 Å². The van der Waals surface area contributed by atoms with E-state index >= 15 is 0 Å². The van der Waals surface area contributed by atoms with Gasteiger partial charge in [-0.2, -0.15) is 0 Å². The van der Waals surface area contributed by atoms with Gasteiger partial charge in [0.05, 0.1) is 0 Å². The fourth-order valence-electron chi connectivity index (χ4n) is 1.78. The number of rotatable bonds is 2. The summed E-state index contributed by atoms with van der Waals surface area (Å²) in [7, 11) is -4.27. The number of fused-ring (bicyclic) bond motifs is 1. The van der Waals surface area contributed by atoms with Crippen molar-refractivity contribution in [2.45, 2.75) is 13.9 Å². The molecule has 0 bridgehead atoms. The predicted octanol–water partition coefficient (Wildman–Crippen LogP) is -1.65. The summed E-state index contributed by atoms with van der Waals surface area (Å²) >= 11 is -3.00. The van der Waals surface area contributed by atoms with Crippen molar-refractivity contribution in [2.75, 3.05) is 0 Å². The van der Waals surface area contributed by atoms with Crippen LogP contribution >= 0.6 is 0 Å². The zero-order valence-corrected chi connectivity index (χ0v) is 11.2. The second kappa shape index (κ2) is 3.86. The minimum absolute atomic E-state index is 0.646. The van der Waals surface area contributed by atoms with Gasteiger partial charge in [-0.25, -0.2) is 0 Å². The first kappa shape index (κ1) is 11.6. The third kappa shape index (κ3) is 2.83. The number of hydrogen-bond acceptors (Lipinski definition) is 4. The molecule has 0 radical (unpaired) electrons. The van der Waals surface area contributed by atoms with Gasteiger partial charge in [0, 0.05) is 0 Å². The molecule has 1 aromatic rings. The topological polar surface area (TPSA) is 78.4 Å². The molecular weight excluding hydrogens is 335 g/mol. The van der Waals surface area contributed by atoms with E-state index in [0.29, 0.717) is 8.94 Å². The molecule has 0 unspecified atom stereocenters. The standard InChI is InChI=1S/C9H11ClO4Te/c1-15(14-10(11,12)13)6-8-4-2-3-5-9(8)7-15/h2-5H,6-7H2,1H3. The number of halogens is 1. The second-order valence-corrected chi connectivity index (χ2v) is 14.0. The molecule has 4 nitrogen and oxygen atoms in total. The van der Waals surface area contributed by atoms with E-state index in [4.69, 9.17) is 2.65 Å². The first-order valence-electron chi connectivity index (χ1n) is 4.30. The molecule has 0 amide bonds. The zero-order valence-electron chi connectivity index (χ0n) is 8.14. The third-order valence-electron chi connectivity index (χ3n) is 2.27. The van der Waals surface area contributed by atoms with Crippen molar-refractivity contribution >= 4 is 18.6 Å². The van der Waals surface area contributed by atoms with Crippen molar-refractivity contribution in [3.8, 4) is 0 Å². The predicted molar refractivity (Wildman–Crippen MR) is 46.6 cm³/mol. The van der Waals surface area contributed by atoms with Crippen molar-refractivity contribution < 1.29 is 26.9 Å². The molecule has 15 heavy (non-hydrogen) atoms. The Labute approximate surface area is 94.6 Å². The van der Waals surface area contributed by atoms with Crippen molar-refractivity contribution in [3.05, 3.63) is 35.4 Å². The maximum absolute atomic E-state index is 10.6. The first-order valence-corrected chi connectivity index (χ1v) is 12.1. The summed E-state index contributed by atoms with van der Waals surface area (Å²) in [4.78, 5) is 1.82. The van der Waals surface area contributed by atoms with Gasteiger partial charge in [-0.15, -0.1) is 0 Å². The molecular formula is C9H11ClO4Te. The van der Waals surface area contributed by atoms with E-state index in [0.717, 1.165) is 11.1 Å². The van der Waals surface area contributed by atoms with E-state index < -0.39 is 28.8 Å². The second-order valence-electron chi connectivity index (χ2n) is 3.68. The van der Waals surface area contributed by atoms with Crippen LogP contribution in [0.5, 0.6) is 0 Å². The molecule has 6 heteroatoms. The van der Waals surface area contributed by atoms with Crippen molar-refractivity contribution in [1.82, 2.24) is 0 Å². The Morgan fingerprint density at radius 3 is 2.00 bits per heavy atom. The van der Waals surface area contributed by atoms with E-state index in [1.807, 2.05) is 29.2 Å². The Bertz CT molecular complexity index is 352. The molecule has 0 saturated carbocycles. The Morgan fingerprint density at radius 1 is 1.13 bits per heavy atom. The van der Waals surface area contributed by atoms with Crippen LogP contribution in [0.1, 0.15) is 11.1 Å². The summed E-state index contributed by atoms with van der Waals surface area (Å²) < 4.78 is 37.8. The minimum atomic E-state index is -4.27. The van der Waals surface area contributed by atoms with Gasteiger partial charge in [-0.05, 0) is 0 Å². The normalized spacial score (nSPS) is 21.1. The van der Waals surface area contributed by atoms with Gasteiger partial charge >= 0.3 is 94.8 Å². The summed E-state index contributed by atoms with van der Waals surface area (Å²) in [6.45, 7) is 0. The van der Waals surface area contributed by atoms with Crippen LogP contribution in [0, 0.1) is 10.2 Å². The molecule has 0 spiro atoms. The van der Waals surface area contributed by atoms with Gasteiger partial charge < -0.3 is 0 Å². The Balaban J connectivity index is 2.18. The molecule has 0 aliphatic carbocycles. The van der Waals surface area contributed by atoms with E-state index in [2.05, 4.69) is 0 Å². The van der Waals surface area contributed by atoms with E-state index in [1.54, 1.807) is 0 Å². The van der Waals surface area contributed by atoms with Gasteiger partial charge in [0.25, 0.3) is 0 Å². The van der Waals surface area contributed by atoms with E-state index in [-0.39, 0.29) is 0 Å². The fraction of sp³-hybridized carbons (Fsp3) is 0.333. The fourth-order valence-corrected chi connectivity index (χ4v) is 11.8. The van der Waals surface area contributed by atoms with E-state index in [9.17, 15) is 14.0 Å². The van der Waals surface area contributed by atoms with Gasteiger partial charge in [0.1, 0.15) is 0 Å². The molecule has 0 N–H and O–H groups in total. The SMILES string of the molecule is C[Te]1(O[Cl+3]([O-])([O-])[O-])Cc2ccccc2C1. The van der Waals surface area contributed by atoms with Crippen LogP contribution in [-0.4, -0.2) is 18.6 Å². The van der Waals surface area contributed by atoms with E-state index in [1.165, 1.54) is 0 Å². The van der Waals surface area contributed by atoms with Gasteiger partial charge in [0.2, 0.25) is 0 Å². The molecule has 1 aromatic carbocycles. The Morgan fingerprint density at radius 2 is 1.60 bits per heavy atom. The average Bonchev–Trinajstić information content (AvgIpc) is 2.35. The molecule has 1 aliphatic heterocycles. The van der Waals surface area contributed by atoms with Crippen molar-refractivity contribution in [2.24, 2.45) is 0 Å². The number of benzene rings is 1. The Hall–Kier alpha value is 0.140. The zero-order chi connectivity index (χ0) is 11.1. The first-order chi connectivity index (χ1) is 6.88. The van der Waals surface area contributed by atoms with Gasteiger partial charge in [0.15, 0.2) is 0 Å².